The van der Waals surface area contributed by atoms with Gasteiger partial charge in [-0.05, 0) is 63.1 Å². The zero-order valence-corrected chi connectivity index (χ0v) is 16.6. The fourth-order valence-electron chi connectivity index (χ4n) is 3.49. The molecule has 5 nitrogen and oxygen atoms in total. The van der Waals surface area contributed by atoms with E-state index < -0.39 is 0 Å². The van der Waals surface area contributed by atoms with Gasteiger partial charge in [-0.15, -0.1) is 11.3 Å². The van der Waals surface area contributed by atoms with Crippen LogP contribution in [0.5, 0.6) is 0 Å². The van der Waals surface area contributed by atoms with Crippen molar-refractivity contribution < 1.29 is 4.79 Å². The second-order valence-corrected chi connectivity index (χ2v) is 8.69. The summed E-state index contributed by atoms with van der Waals surface area (Å²) in [6, 6.07) is 11.0. The third-order valence-corrected chi connectivity index (χ3v) is 6.41. The Bertz CT molecular complexity index is 917. The van der Waals surface area contributed by atoms with Crippen molar-refractivity contribution in [3.63, 3.8) is 0 Å². The molecule has 1 unspecified atom stereocenters. The molecule has 2 aromatic heterocycles. The van der Waals surface area contributed by atoms with E-state index >= 15 is 0 Å². The molecule has 0 bridgehead atoms. The van der Waals surface area contributed by atoms with E-state index in [4.69, 9.17) is 0 Å². The van der Waals surface area contributed by atoms with Crippen molar-refractivity contribution in [2.45, 2.75) is 45.3 Å². The number of benzene rings is 1. The molecule has 4 rings (SSSR count). The summed E-state index contributed by atoms with van der Waals surface area (Å²) in [5.74, 6) is 0.0299. The lowest BCUT2D eigenvalue weighted by atomic mass is 10.1. The third-order valence-electron chi connectivity index (χ3n) is 4.67. The fourth-order valence-corrected chi connectivity index (χ4v) is 5.08. The zero-order chi connectivity index (χ0) is 18.1. The summed E-state index contributed by atoms with van der Waals surface area (Å²) >= 11 is 2.89. The predicted molar refractivity (Wildman–Crippen MR) is 107 cm³/mol. The number of rotatable bonds is 5. The number of carbonyl (C=O) groups excluding carboxylic acids is 1. The van der Waals surface area contributed by atoms with Gasteiger partial charge in [0, 0.05) is 23.5 Å². The minimum Gasteiger partial charge on any atom is -0.349 e. The van der Waals surface area contributed by atoms with Crippen LogP contribution in [0.4, 0.5) is 0 Å². The first-order valence-electron chi connectivity index (χ1n) is 8.96. The monoisotopic (exact) mass is 386 g/mol. The number of amides is 1. The highest BCUT2D eigenvalue weighted by Crippen LogP contribution is 2.37. The first kappa shape index (κ1) is 17.6. The van der Waals surface area contributed by atoms with Crippen LogP contribution in [0.1, 0.15) is 52.8 Å². The Balaban J connectivity index is 1.49. The molecule has 1 aliphatic heterocycles. The van der Waals surface area contributed by atoms with Gasteiger partial charge in [-0.25, -0.2) is 0 Å². The first-order chi connectivity index (χ1) is 12.6. The van der Waals surface area contributed by atoms with Crippen LogP contribution < -0.4 is 5.32 Å². The SMILES string of the molecule is CC(C)NC(=O)c1ccc(C2CCCN2Cc2ccc3nsnc3c2)s1. The van der Waals surface area contributed by atoms with Crippen LogP contribution in [0, 0.1) is 0 Å². The van der Waals surface area contributed by atoms with Gasteiger partial charge in [-0.2, -0.15) is 8.75 Å². The molecule has 1 amide bonds. The summed E-state index contributed by atoms with van der Waals surface area (Å²) in [6.07, 6.45) is 2.34. The molecule has 0 spiro atoms. The Kier molecular flexibility index (Phi) is 5.02. The topological polar surface area (TPSA) is 58.1 Å². The minimum atomic E-state index is 0.0299. The van der Waals surface area contributed by atoms with Gasteiger partial charge in [-0.3, -0.25) is 9.69 Å². The summed E-state index contributed by atoms with van der Waals surface area (Å²) in [5.41, 5.74) is 3.22. The van der Waals surface area contributed by atoms with Crippen LogP contribution in [0.25, 0.3) is 11.0 Å². The van der Waals surface area contributed by atoms with Crippen LogP contribution >= 0.6 is 23.1 Å². The molecule has 1 aromatic carbocycles. The van der Waals surface area contributed by atoms with E-state index in [0.717, 1.165) is 35.4 Å². The Labute approximate surface area is 161 Å². The standard InChI is InChI=1S/C19H22N4OS2/c1-12(2)20-19(24)18-8-7-17(25-18)16-4-3-9-23(16)11-13-5-6-14-15(10-13)22-26-21-14/h5-8,10,12,16H,3-4,9,11H2,1-2H3,(H,20,24). The van der Waals surface area contributed by atoms with Gasteiger partial charge < -0.3 is 5.32 Å². The molecule has 3 heterocycles. The van der Waals surface area contributed by atoms with Crippen LogP contribution in [-0.4, -0.2) is 32.1 Å². The highest BCUT2D eigenvalue weighted by atomic mass is 32.1. The number of likely N-dealkylation sites (tertiary alicyclic amines) is 1. The highest BCUT2D eigenvalue weighted by molar-refractivity contribution is 7.14. The maximum Gasteiger partial charge on any atom is 0.261 e. The van der Waals surface area contributed by atoms with Crippen molar-refractivity contribution in [3.05, 3.63) is 45.6 Å². The summed E-state index contributed by atoms with van der Waals surface area (Å²) in [7, 11) is 0. The lowest BCUT2D eigenvalue weighted by Crippen LogP contribution is -2.29. The molecule has 1 fully saturated rings. The lowest BCUT2D eigenvalue weighted by molar-refractivity contribution is 0.0947. The Hall–Kier alpha value is -1.83. The van der Waals surface area contributed by atoms with Crippen LogP contribution in [0.15, 0.2) is 30.3 Å². The molecule has 1 saturated heterocycles. The first-order valence-corrected chi connectivity index (χ1v) is 10.5. The van der Waals surface area contributed by atoms with Crippen molar-refractivity contribution in [2.24, 2.45) is 0 Å². The molecule has 1 aliphatic rings. The number of carbonyl (C=O) groups is 1. The van der Waals surface area contributed by atoms with E-state index in [9.17, 15) is 4.79 Å². The van der Waals surface area contributed by atoms with Gasteiger partial charge in [0.1, 0.15) is 11.0 Å². The van der Waals surface area contributed by atoms with Crippen molar-refractivity contribution in [2.75, 3.05) is 6.54 Å². The van der Waals surface area contributed by atoms with Crippen molar-refractivity contribution in [1.82, 2.24) is 19.0 Å². The van der Waals surface area contributed by atoms with E-state index in [1.54, 1.807) is 11.3 Å². The number of hydrogen-bond acceptors (Lipinski definition) is 6. The summed E-state index contributed by atoms with van der Waals surface area (Å²) in [6.45, 7) is 5.96. The number of thiophene rings is 1. The molecule has 0 radical (unpaired) electrons. The largest absolute Gasteiger partial charge is 0.349 e. The van der Waals surface area contributed by atoms with Gasteiger partial charge >= 0.3 is 0 Å². The maximum absolute atomic E-state index is 12.2. The molecule has 3 aromatic rings. The van der Waals surface area contributed by atoms with Crippen molar-refractivity contribution >= 4 is 40.0 Å². The van der Waals surface area contributed by atoms with Gasteiger partial charge in [0.15, 0.2) is 0 Å². The van der Waals surface area contributed by atoms with Crippen LogP contribution in [-0.2, 0) is 6.54 Å². The molecule has 26 heavy (non-hydrogen) atoms. The van der Waals surface area contributed by atoms with E-state index in [-0.39, 0.29) is 11.9 Å². The number of nitrogens with one attached hydrogen (secondary N) is 1. The third kappa shape index (κ3) is 3.65. The molecule has 136 valence electrons. The van der Waals surface area contributed by atoms with Crippen molar-refractivity contribution in [3.8, 4) is 0 Å². The van der Waals surface area contributed by atoms with Crippen LogP contribution in [0.2, 0.25) is 0 Å². The Morgan fingerprint density at radius 1 is 1.27 bits per heavy atom. The molecule has 1 N–H and O–H groups in total. The van der Waals surface area contributed by atoms with Crippen molar-refractivity contribution in [1.29, 1.82) is 0 Å². The summed E-state index contributed by atoms with van der Waals surface area (Å²) in [5, 5.41) is 2.97. The number of aromatic nitrogens is 2. The molecule has 0 aliphatic carbocycles. The second kappa shape index (κ2) is 7.42. The highest BCUT2D eigenvalue weighted by Gasteiger charge is 2.28. The average Bonchev–Trinajstić information content (AvgIpc) is 3.34. The zero-order valence-electron chi connectivity index (χ0n) is 14.9. The minimum absolute atomic E-state index is 0.0299. The molecular weight excluding hydrogens is 364 g/mol. The van der Waals surface area contributed by atoms with E-state index in [1.165, 1.54) is 28.6 Å². The normalized spacial score (nSPS) is 18.0. The van der Waals surface area contributed by atoms with E-state index in [2.05, 4.69) is 43.2 Å². The number of nitrogens with zero attached hydrogens (tertiary/aromatic N) is 3. The fraction of sp³-hybridized carbons (Fsp3) is 0.421. The number of fused-ring (bicyclic) bond motifs is 1. The summed E-state index contributed by atoms with van der Waals surface area (Å²) in [4.78, 5) is 16.8. The number of hydrogen-bond donors (Lipinski definition) is 1. The molecule has 7 heteroatoms. The van der Waals surface area contributed by atoms with Gasteiger partial charge in [0.25, 0.3) is 5.91 Å². The van der Waals surface area contributed by atoms with E-state index in [0.29, 0.717) is 6.04 Å². The Morgan fingerprint density at radius 2 is 2.12 bits per heavy atom. The molecule has 0 saturated carbocycles. The maximum atomic E-state index is 12.2. The lowest BCUT2D eigenvalue weighted by Gasteiger charge is -2.23. The van der Waals surface area contributed by atoms with Gasteiger partial charge in [0.2, 0.25) is 0 Å². The van der Waals surface area contributed by atoms with Gasteiger partial charge in [-0.1, -0.05) is 6.07 Å². The van der Waals surface area contributed by atoms with Gasteiger partial charge in [0.05, 0.1) is 16.6 Å². The van der Waals surface area contributed by atoms with Crippen LogP contribution in [0.3, 0.4) is 0 Å². The van der Waals surface area contributed by atoms with E-state index in [1.807, 2.05) is 19.9 Å². The second-order valence-electron chi connectivity index (χ2n) is 7.05. The Morgan fingerprint density at radius 3 is 2.96 bits per heavy atom. The molecule has 1 atom stereocenters. The molecular formula is C19H22N4OS2. The smallest absolute Gasteiger partial charge is 0.261 e. The summed E-state index contributed by atoms with van der Waals surface area (Å²) < 4.78 is 8.62. The predicted octanol–water partition coefficient (Wildman–Crippen LogP) is 4.23. The average molecular weight is 387 g/mol. The quantitative estimate of drug-likeness (QED) is 0.713.